The molecule has 1 aliphatic rings. The average molecular weight is 617 g/mol. The fourth-order valence-corrected chi connectivity index (χ4v) is 6.87. The second-order valence-electron chi connectivity index (χ2n) is 9.26. The molecule has 0 radical (unpaired) electrons. The maximum Gasteiger partial charge on any atom is 0.322 e. The number of hydrogen-bond acceptors (Lipinski definition) is 8. The number of anilines is 2. The highest BCUT2D eigenvalue weighted by atomic mass is 35.5. The van der Waals surface area contributed by atoms with E-state index in [0.29, 0.717) is 10.0 Å². The van der Waals surface area contributed by atoms with Gasteiger partial charge in [-0.25, -0.2) is 14.4 Å². The van der Waals surface area contributed by atoms with E-state index < -0.39 is 20.7 Å². The number of carbonyl (C=O) groups is 1. The lowest BCUT2D eigenvalue weighted by molar-refractivity contribution is -0.128. The van der Waals surface area contributed by atoms with Crippen LogP contribution in [0.3, 0.4) is 0 Å². The van der Waals surface area contributed by atoms with E-state index >= 15 is 4.39 Å². The largest absolute Gasteiger partial charge is 0.379 e. The maximum atomic E-state index is 15.3. The zero-order valence-corrected chi connectivity index (χ0v) is 24.0. The van der Waals surface area contributed by atoms with Crippen molar-refractivity contribution in [2.45, 2.75) is 42.2 Å². The van der Waals surface area contributed by atoms with E-state index in [9.17, 15) is 13.2 Å². The van der Waals surface area contributed by atoms with E-state index in [0.717, 1.165) is 43.3 Å². The number of nitrogens with zero attached hydrogens (tertiary/aromatic N) is 4. The zero-order valence-electron chi connectivity index (χ0n) is 20.9. The van der Waals surface area contributed by atoms with Crippen LogP contribution in [0, 0.1) is 5.82 Å². The molecule has 0 spiro atoms. The minimum Gasteiger partial charge on any atom is -0.379 e. The van der Waals surface area contributed by atoms with Crippen molar-refractivity contribution in [2.75, 3.05) is 23.9 Å². The van der Waals surface area contributed by atoms with Gasteiger partial charge in [0.15, 0.2) is 5.82 Å². The van der Waals surface area contributed by atoms with Crippen molar-refractivity contribution < 1.29 is 22.4 Å². The van der Waals surface area contributed by atoms with E-state index in [1.54, 1.807) is 6.07 Å². The molecule has 3 aromatic rings. The molecule has 1 heterocycles. The van der Waals surface area contributed by atoms with Crippen LogP contribution >= 0.6 is 34.8 Å². The molecular weight excluding hydrogens is 592 g/mol. The summed E-state index contributed by atoms with van der Waals surface area (Å²) in [4.78, 5) is 24.4. The first kappa shape index (κ1) is 29.3. The Labute approximate surface area is 240 Å². The van der Waals surface area contributed by atoms with Crippen LogP contribution in [0.5, 0.6) is 0 Å². The summed E-state index contributed by atoms with van der Waals surface area (Å²) in [6.45, 7) is -0.107. The molecule has 14 heteroatoms. The summed E-state index contributed by atoms with van der Waals surface area (Å²) in [7, 11) is -0.801. The van der Waals surface area contributed by atoms with Gasteiger partial charge in [-0.15, -0.1) is 0 Å². The highest BCUT2D eigenvalue weighted by molar-refractivity contribution is 7.92. The predicted molar refractivity (Wildman–Crippen MR) is 148 cm³/mol. The number of likely N-dealkylation sites (N-methyl/N-ethyl adjacent to an activating group) is 1. The summed E-state index contributed by atoms with van der Waals surface area (Å²) < 4.78 is 41.9. The van der Waals surface area contributed by atoms with Crippen molar-refractivity contribution in [1.82, 2.24) is 14.9 Å². The van der Waals surface area contributed by atoms with E-state index in [1.165, 1.54) is 12.3 Å². The van der Waals surface area contributed by atoms with Gasteiger partial charge in [-0.3, -0.25) is 4.79 Å². The molecule has 4 rings (SSSR count). The predicted octanol–water partition coefficient (Wildman–Crippen LogP) is 5.54. The molecule has 0 bridgehead atoms. The number of nitrogens with one attached hydrogen (secondary N) is 1. The highest BCUT2D eigenvalue weighted by Crippen LogP contribution is 2.39. The summed E-state index contributed by atoms with van der Waals surface area (Å²) >= 11 is 18.9. The molecule has 1 fully saturated rings. The molecule has 3 atom stereocenters. The number of sulfonamides is 1. The average Bonchev–Trinajstić information content (AvgIpc) is 2.89. The first-order valence-electron chi connectivity index (χ1n) is 11.8. The first-order valence-corrected chi connectivity index (χ1v) is 14.4. The number of carbonyl (C=O) groups excluding carboxylic acids is 1. The third-order valence-electron chi connectivity index (χ3n) is 6.59. The van der Waals surface area contributed by atoms with Crippen LogP contribution < -0.4 is 9.79 Å². The van der Waals surface area contributed by atoms with Gasteiger partial charge in [-0.1, -0.05) is 39.3 Å². The lowest BCUT2D eigenvalue weighted by Gasteiger charge is -2.41. The number of rotatable bonds is 9. The normalized spacial score (nSPS) is 19.5. The van der Waals surface area contributed by atoms with Crippen molar-refractivity contribution in [3.63, 3.8) is 0 Å². The molecule has 0 aliphatic heterocycles. The second kappa shape index (κ2) is 12.2. The van der Waals surface area contributed by atoms with Gasteiger partial charge in [0.25, 0.3) is 10.0 Å². The fourth-order valence-electron chi connectivity index (χ4n) is 4.79. The Morgan fingerprint density at radius 1 is 1.10 bits per heavy atom. The van der Waals surface area contributed by atoms with E-state index in [-0.39, 0.29) is 45.5 Å². The number of halogens is 4. The molecule has 1 saturated carbocycles. The first-order chi connectivity index (χ1) is 18.5. The summed E-state index contributed by atoms with van der Waals surface area (Å²) in [6, 6.07) is 8.64. The summed E-state index contributed by atoms with van der Waals surface area (Å²) in [5.74, 6) is -1.16. The Balaban J connectivity index is 1.59. The molecule has 1 N–H and O–H groups in total. The van der Waals surface area contributed by atoms with Crippen LogP contribution in [-0.2, 0) is 19.7 Å². The lowest BCUT2D eigenvalue weighted by atomic mass is 9.78. The van der Waals surface area contributed by atoms with Crippen LogP contribution in [0.25, 0.3) is 0 Å². The molecule has 1 aromatic heterocycles. The molecule has 1 aliphatic carbocycles. The molecule has 9 nitrogen and oxygen atoms in total. The van der Waals surface area contributed by atoms with Crippen molar-refractivity contribution >= 4 is 62.8 Å². The van der Waals surface area contributed by atoms with Crippen LogP contribution in [-0.4, -0.2) is 55.9 Å². The lowest BCUT2D eigenvalue weighted by Crippen LogP contribution is -2.47. The number of aromatic nitrogens is 2. The Kier molecular flexibility index (Phi) is 9.18. The minimum absolute atomic E-state index is 0.0232. The molecule has 2 aromatic carbocycles. The maximum absolute atomic E-state index is 15.3. The van der Waals surface area contributed by atoms with Gasteiger partial charge >= 0.3 is 6.47 Å². The minimum atomic E-state index is -4.72. The van der Waals surface area contributed by atoms with Gasteiger partial charge in [0, 0.05) is 34.4 Å². The van der Waals surface area contributed by atoms with Gasteiger partial charge in [0.05, 0.1) is 10.7 Å². The van der Waals surface area contributed by atoms with Gasteiger partial charge in [0.2, 0.25) is 0 Å². The summed E-state index contributed by atoms with van der Waals surface area (Å²) in [5.41, 5.74) is 1.29. The molecular formula is C25H25Cl3FN5O4S. The second-order valence-corrected chi connectivity index (χ2v) is 12.3. The fraction of sp³-hybridized carbons (Fsp3) is 0.320. The summed E-state index contributed by atoms with van der Waals surface area (Å²) in [6.07, 6.45) is 4.63. The van der Waals surface area contributed by atoms with Crippen molar-refractivity contribution in [2.24, 2.45) is 0 Å². The van der Waals surface area contributed by atoms with Crippen LogP contribution in [0.15, 0.2) is 53.8 Å². The van der Waals surface area contributed by atoms with Crippen molar-refractivity contribution in [3.8, 4) is 0 Å². The highest BCUT2D eigenvalue weighted by Gasteiger charge is 2.35. The monoisotopic (exact) mass is 615 g/mol. The quantitative estimate of drug-likeness (QED) is 0.247. The summed E-state index contributed by atoms with van der Waals surface area (Å²) in [5, 5.41) is 4.43. The van der Waals surface area contributed by atoms with E-state index in [1.807, 2.05) is 26.2 Å². The Morgan fingerprint density at radius 2 is 1.82 bits per heavy atom. The standard InChI is InChI=1S/C25H25Cl3FN5O4S/c1-33(2)23-9-15(16-7-17(26)10-18(27)8-16)3-4-21(23)32-22-12-20(29)24(11-19(22)28)39(36,37)34(38-14-35)25-5-6-30-13-31-25/h5-8,10-15,21,23,32H,3-4,9H2,1-2H3/t15-,21-,23-/m0/s1. The molecule has 0 unspecified atom stereocenters. The van der Waals surface area contributed by atoms with Crippen molar-refractivity contribution in [3.05, 3.63) is 75.4 Å². The molecule has 208 valence electrons. The Bertz CT molecular complexity index is 1430. The Morgan fingerprint density at radius 3 is 2.44 bits per heavy atom. The molecule has 0 amide bonds. The van der Waals surface area contributed by atoms with Gasteiger partial charge in [-0.2, -0.15) is 8.42 Å². The van der Waals surface area contributed by atoms with E-state index in [2.05, 4.69) is 25.0 Å². The number of benzene rings is 2. The SMILES string of the molecule is CN(C)[C@H]1C[C@@H](c2cc(Cl)cc(Cl)c2)CC[C@@H]1Nc1cc(F)c(S(=O)(=O)N(OC=O)c2ccncn2)cc1Cl. The van der Waals surface area contributed by atoms with Gasteiger partial charge in [0.1, 0.15) is 17.0 Å². The van der Waals surface area contributed by atoms with Crippen molar-refractivity contribution in [1.29, 1.82) is 0 Å². The van der Waals surface area contributed by atoms with E-state index in [4.69, 9.17) is 34.8 Å². The molecule has 39 heavy (non-hydrogen) atoms. The third-order valence-corrected chi connectivity index (χ3v) is 8.91. The Hall–Kier alpha value is -2.70. The van der Waals surface area contributed by atoms with Crippen LogP contribution in [0.2, 0.25) is 15.1 Å². The third kappa shape index (κ3) is 6.55. The molecule has 0 saturated heterocycles. The smallest absolute Gasteiger partial charge is 0.322 e. The van der Waals surface area contributed by atoms with Crippen LogP contribution in [0.4, 0.5) is 15.9 Å². The zero-order chi connectivity index (χ0) is 28.3. The van der Waals surface area contributed by atoms with Gasteiger partial charge in [-0.05, 0) is 75.2 Å². The van der Waals surface area contributed by atoms with Gasteiger partial charge < -0.3 is 15.1 Å². The topological polar surface area (TPSA) is 105 Å². The van der Waals surface area contributed by atoms with Crippen LogP contribution in [0.1, 0.15) is 30.7 Å². The number of hydrogen-bond donors (Lipinski definition) is 1.